The Labute approximate surface area is 113 Å². The molecule has 1 rings (SSSR count). The van der Waals surface area contributed by atoms with Crippen LogP contribution in [0, 0.1) is 12.8 Å². The molecule has 0 saturated carbocycles. The van der Waals surface area contributed by atoms with Gasteiger partial charge in [-0.1, -0.05) is 31.5 Å². The van der Waals surface area contributed by atoms with E-state index in [2.05, 4.69) is 0 Å². The Hall–Kier alpha value is -1.88. The molecule has 5 heteroatoms. The zero-order chi connectivity index (χ0) is 14.6. The van der Waals surface area contributed by atoms with E-state index in [0.717, 1.165) is 5.56 Å². The van der Waals surface area contributed by atoms with Crippen molar-refractivity contribution in [3.63, 3.8) is 0 Å². The fraction of sp³-hybridized carbons (Fsp3) is 0.429. The molecule has 0 saturated heterocycles. The van der Waals surface area contributed by atoms with Gasteiger partial charge in [0.05, 0.1) is 6.04 Å². The van der Waals surface area contributed by atoms with Crippen molar-refractivity contribution in [2.24, 2.45) is 11.7 Å². The second-order valence-electron chi connectivity index (χ2n) is 4.92. The van der Waals surface area contributed by atoms with Crippen molar-refractivity contribution in [1.29, 1.82) is 0 Å². The molecule has 1 aromatic rings. The number of nitrogens with two attached hydrogens (primary N) is 1. The maximum Gasteiger partial charge on any atom is 0.323 e. The number of hydrogen-bond donors (Lipinski definition) is 2. The van der Waals surface area contributed by atoms with Gasteiger partial charge in [0.1, 0.15) is 6.54 Å². The van der Waals surface area contributed by atoms with Gasteiger partial charge in [-0.2, -0.15) is 0 Å². The summed E-state index contributed by atoms with van der Waals surface area (Å²) in [4.78, 5) is 24.4. The third-order valence-corrected chi connectivity index (χ3v) is 2.91. The third-order valence-electron chi connectivity index (χ3n) is 2.91. The van der Waals surface area contributed by atoms with Gasteiger partial charge in [-0.25, -0.2) is 0 Å². The molecule has 0 spiro atoms. The van der Waals surface area contributed by atoms with Crippen molar-refractivity contribution in [3.05, 3.63) is 29.8 Å². The Morgan fingerprint density at radius 1 is 1.26 bits per heavy atom. The van der Waals surface area contributed by atoms with E-state index in [9.17, 15) is 9.59 Å². The van der Waals surface area contributed by atoms with Gasteiger partial charge in [-0.15, -0.1) is 0 Å². The fourth-order valence-electron chi connectivity index (χ4n) is 1.62. The van der Waals surface area contributed by atoms with E-state index in [1.54, 1.807) is 12.1 Å². The van der Waals surface area contributed by atoms with Gasteiger partial charge < -0.3 is 10.8 Å². The van der Waals surface area contributed by atoms with E-state index >= 15 is 0 Å². The summed E-state index contributed by atoms with van der Waals surface area (Å²) in [6, 6.07) is 6.41. The standard InChI is InChI=1S/C14H20N2O3/c1-9(2)13(15)14(19)16(8-12(17)18)11-6-4-10(3)5-7-11/h4-7,9,13H,8,15H2,1-3H3,(H,17,18). The average molecular weight is 264 g/mol. The molecule has 104 valence electrons. The first-order chi connectivity index (χ1) is 8.82. The van der Waals surface area contributed by atoms with E-state index < -0.39 is 12.0 Å². The normalized spacial score (nSPS) is 12.3. The first kappa shape index (κ1) is 15.2. The molecule has 0 radical (unpaired) electrons. The van der Waals surface area contributed by atoms with Gasteiger partial charge in [0, 0.05) is 5.69 Å². The number of aryl methyl sites for hydroxylation is 1. The molecule has 0 aliphatic carbocycles. The predicted molar refractivity (Wildman–Crippen MR) is 74.0 cm³/mol. The van der Waals surface area contributed by atoms with Gasteiger partial charge in [-0.3, -0.25) is 14.5 Å². The summed E-state index contributed by atoms with van der Waals surface area (Å²) >= 11 is 0. The van der Waals surface area contributed by atoms with Crippen LogP contribution in [0.1, 0.15) is 19.4 Å². The number of carboxylic acids is 1. The lowest BCUT2D eigenvalue weighted by atomic mass is 10.0. The SMILES string of the molecule is Cc1ccc(N(CC(=O)O)C(=O)C(N)C(C)C)cc1. The summed E-state index contributed by atoms with van der Waals surface area (Å²) in [7, 11) is 0. The Kier molecular flexibility index (Phi) is 5.06. The molecular weight excluding hydrogens is 244 g/mol. The number of aliphatic carboxylic acids is 1. The Morgan fingerprint density at radius 2 is 1.79 bits per heavy atom. The summed E-state index contributed by atoms with van der Waals surface area (Å²) in [5, 5.41) is 8.93. The summed E-state index contributed by atoms with van der Waals surface area (Å²) in [5.74, 6) is -1.49. The van der Waals surface area contributed by atoms with Crippen molar-refractivity contribution in [2.75, 3.05) is 11.4 Å². The molecule has 0 bridgehead atoms. The molecule has 3 N–H and O–H groups in total. The zero-order valence-corrected chi connectivity index (χ0v) is 11.5. The first-order valence-corrected chi connectivity index (χ1v) is 6.18. The van der Waals surface area contributed by atoms with Crippen molar-refractivity contribution < 1.29 is 14.7 Å². The summed E-state index contributed by atoms with van der Waals surface area (Å²) < 4.78 is 0. The number of carbonyl (C=O) groups is 2. The van der Waals surface area contributed by atoms with Crippen LogP contribution in [0.5, 0.6) is 0 Å². The molecular formula is C14H20N2O3. The van der Waals surface area contributed by atoms with Gasteiger partial charge in [0.2, 0.25) is 5.91 Å². The third kappa shape index (κ3) is 4.06. The lowest BCUT2D eigenvalue weighted by molar-refractivity contribution is -0.136. The van der Waals surface area contributed by atoms with Gasteiger partial charge >= 0.3 is 5.97 Å². The molecule has 0 aromatic heterocycles. The summed E-state index contributed by atoms with van der Waals surface area (Å²) in [5.41, 5.74) is 7.41. The number of carboxylic acid groups (broad SMARTS) is 1. The second-order valence-corrected chi connectivity index (χ2v) is 4.92. The highest BCUT2D eigenvalue weighted by Gasteiger charge is 2.26. The maximum atomic E-state index is 12.2. The van der Waals surface area contributed by atoms with Crippen LogP contribution in [0.4, 0.5) is 5.69 Å². The number of rotatable bonds is 5. The van der Waals surface area contributed by atoms with Crippen LogP contribution in [0.2, 0.25) is 0 Å². The highest BCUT2D eigenvalue weighted by atomic mass is 16.4. The minimum Gasteiger partial charge on any atom is -0.480 e. The molecule has 5 nitrogen and oxygen atoms in total. The van der Waals surface area contributed by atoms with Gasteiger partial charge in [-0.05, 0) is 25.0 Å². The van der Waals surface area contributed by atoms with Crippen molar-refractivity contribution in [3.8, 4) is 0 Å². The number of amides is 1. The van der Waals surface area contributed by atoms with Crippen LogP contribution in [0.3, 0.4) is 0 Å². The minimum atomic E-state index is -1.06. The van der Waals surface area contributed by atoms with Crippen LogP contribution in [0.15, 0.2) is 24.3 Å². The van der Waals surface area contributed by atoms with E-state index in [1.165, 1.54) is 4.90 Å². The maximum absolute atomic E-state index is 12.2. The molecule has 1 atom stereocenters. The number of benzene rings is 1. The molecule has 19 heavy (non-hydrogen) atoms. The molecule has 0 aliphatic rings. The van der Waals surface area contributed by atoms with E-state index in [-0.39, 0.29) is 18.4 Å². The van der Waals surface area contributed by atoms with Gasteiger partial charge in [0.15, 0.2) is 0 Å². The van der Waals surface area contributed by atoms with Crippen molar-refractivity contribution in [2.45, 2.75) is 26.8 Å². The quantitative estimate of drug-likeness (QED) is 0.842. The lowest BCUT2D eigenvalue weighted by Gasteiger charge is -2.26. The molecule has 1 unspecified atom stereocenters. The van der Waals surface area contributed by atoms with Crippen LogP contribution >= 0.6 is 0 Å². The van der Waals surface area contributed by atoms with Crippen molar-refractivity contribution >= 4 is 17.6 Å². The topological polar surface area (TPSA) is 83.6 Å². The zero-order valence-electron chi connectivity index (χ0n) is 11.5. The first-order valence-electron chi connectivity index (χ1n) is 6.18. The highest BCUT2D eigenvalue weighted by Crippen LogP contribution is 2.17. The Bertz CT molecular complexity index is 454. The van der Waals surface area contributed by atoms with Crippen LogP contribution in [-0.2, 0) is 9.59 Å². The van der Waals surface area contributed by atoms with E-state index in [1.807, 2.05) is 32.9 Å². The summed E-state index contributed by atoms with van der Waals surface area (Å²) in [6.45, 7) is 5.20. The lowest BCUT2D eigenvalue weighted by Crippen LogP contribution is -2.48. The predicted octanol–water partition coefficient (Wildman–Crippen LogP) is 1.40. The Balaban J connectivity index is 3.04. The highest BCUT2D eigenvalue weighted by molar-refractivity contribution is 6.00. The number of hydrogen-bond acceptors (Lipinski definition) is 3. The van der Waals surface area contributed by atoms with E-state index in [4.69, 9.17) is 10.8 Å². The average Bonchev–Trinajstić information content (AvgIpc) is 2.35. The fourth-order valence-corrected chi connectivity index (χ4v) is 1.62. The Morgan fingerprint density at radius 3 is 2.21 bits per heavy atom. The molecule has 1 amide bonds. The summed E-state index contributed by atoms with van der Waals surface area (Å²) in [6.07, 6.45) is 0. The second kappa shape index (κ2) is 6.33. The molecule has 0 fully saturated rings. The molecule has 1 aromatic carbocycles. The number of carbonyl (C=O) groups excluding carboxylic acids is 1. The minimum absolute atomic E-state index is 0.0470. The largest absolute Gasteiger partial charge is 0.480 e. The monoisotopic (exact) mass is 264 g/mol. The van der Waals surface area contributed by atoms with Crippen LogP contribution in [0.25, 0.3) is 0 Å². The number of anilines is 1. The van der Waals surface area contributed by atoms with Crippen LogP contribution in [-0.4, -0.2) is 29.6 Å². The van der Waals surface area contributed by atoms with Crippen LogP contribution < -0.4 is 10.6 Å². The van der Waals surface area contributed by atoms with E-state index in [0.29, 0.717) is 5.69 Å². The van der Waals surface area contributed by atoms with Crippen molar-refractivity contribution in [1.82, 2.24) is 0 Å². The van der Waals surface area contributed by atoms with Gasteiger partial charge in [0.25, 0.3) is 0 Å². The molecule has 0 heterocycles. The smallest absolute Gasteiger partial charge is 0.323 e. The molecule has 0 aliphatic heterocycles. The number of nitrogens with zero attached hydrogens (tertiary/aromatic N) is 1.